The number of fused-ring (bicyclic) bond motifs is 2. The van der Waals surface area contributed by atoms with E-state index in [2.05, 4.69) is 32.5 Å². The van der Waals surface area contributed by atoms with Crippen LogP contribution in [0.2, 0.25) is 0 Å². The fraction of sp³-hybridized carbons (Fsp3) is 0.154. The molecule has 0 radical (unpaired) electrons. The van der Waals surface area contributed by atoms with Crippen molar-refractivity contribution in [3.8, 4) is 57.1 Å². The lowest BCUT2D eigenvalue weighted by molar-refractivity contribution is 0.357. The zero-order chi connectivity index (χ0) is 22.5. The summed E-state index contributed by atoms with van der Waals surface area (Å²) in [6, 6.07) is 20.2. The Morgan fingerprint density at radius 1 is 0.618 bits per heavy atom. The highest BCUT2D eigenvalue weighted by Gasteiger charge is 2.21. The van der Waals surface area contributed by atoms with Crippen LogP contribution in [0.5, 0.6) is 11.5 Å². The van der Waals surface area contributed by atoms with Crippen molar-refractivity contribution in [1.82, 2.24) is 30.4 Å². The fourth-order valence-corrected chi connectivity index (χ4v) is 4.62. The lowest BCUT2D eigenvalue weighted by Crippen LogP contribution is -1.90. The van der Waals surface area contributed by atoms with Crippen molar-refractivity contribution in [3.63, 3.8) is 0 Å². The van der Waals surface area contributed by atoms with Crippen LogP contribution in [0.1, 0.15) is 11.1 Å². The number of H-pyrrole nitrogens is 2. The van der Waals surface area contributed by atoms with E-state index in [0.29, 0.717) is 36.5 Å². The van der Waals surface area contributed by atoms with Crippen LogP contribution >= 0.6 is 0 Å². The molecule has 0 atom stereocenters. The highest BCUT2D eigenvalue weighted by Crippen LogP contribution is 2.37. The molecule has 2 aromatic heterocycles. The molecule has 8 nitrogen and oxygen atoms in total. The maximum Gasteiger partial charge on any atom is 0.181 e. The van der Waals surface area contributed by atoms with E-state index in [0.717, 1.165) is 46.6 Å². The number of para-hydroxylation sites is 2. The van der Waals surface area contributed by atoms with E-state index in [-0.39, 0.29) is 0 Å². The minimum atomic E-state index is 0.609. The molecule has 34 heavy (non-hydrogen) atoms. The number of nitrogens with one attached hydrogen (secondary N) is 2. The van der Waals surface area contributed by atoms with Gasteiger partial charge in [0.25, 0.3) is 0 Å². The van der Waals surface area contributed by atoms with Gasteiger partial charge in [-0.15, -0.1) is 0 Å². The van der Waals surface area contributed by atoms with Crippen LogP contribution in [0.25, 0.3) is 45.6 Å². The Kier molecular flexibility index (Phi) is 4.23. The highest BCUT2D eigenvalue weighted by molar-refractivity contribution is 5.73. The molecule has 4 heterocycles. The van der Waals surface area contributed by atoms with Crippen molar-refractivity contribution in [3.05, 3.63) is 71.8 Å². The molecule has 0 fully saturated rings. The molecule has 0 unspecified atom stereocenters. The Bertz CT molecular complexity index is 1430. The summed E-state index contributed by atoms with van der Waals surface area (Å²) in [7, 11) is 0. The fourth-order valence-electron chi connectivity index (χ4n) is 4.62. The third-order valence-corrected chi connectivity index (χ3v) is 6.29. The van der Waals surface area contributed by atoms with Gasteiger partial charge in [0.15, 0.2) is 23.3 Å². The van der Waals surface area contributed by atoms with Crippen molar-refractivity contribution >= 4 is 0 Å². The predicted molar refractivity (Wildman–Crippen MR) is 126 cm³/mol. The first-order valence-corrected chi connectivity index (χ1v) is 11.3. The van der Waals surface area contributed by atoms with Crippen LogP contribution < -0.4 is 9.47 Å². The zero-order valence-electron chi connectivity index (χ0n) is 18.2. The molecule has 0 bridgehead atoms. The van der Waals surface area contributed by atoms with Crippen LogP contribution in [0.15, 0.2) is 60.7 Å². The van der Waals surface area contributed by atoms with Crippen LogP contribution in [-0.2, 0) is 12.8 Å². The monoisotopic (exact) mass is 448 g/mol. The van der Waals surface area contributed by atoms with E-state index in [1.54, 1.807) is 0 Å². The molecule has 7 rings (SSSR count). The minimum absolute atomic E-state index is 0.609. The largest absolute Gasteiger partial charge is 0.492 e. The molecule has 0 aliphatic carbocycles. The van der Waals surface area contributed by atoms with Gasteiger partial charge >= 0.3 is 0 Å². The van der Waals surface area contributed by atoms with E-state index >= 15 is 0 Å². The van der Waals surface area contributed by atoms with Crippen molar-refractivity contribution < 1.29 is 9.47 Å². The van der Waals surface area contributed by atoms with E-state index < -0.39 is 0 Å². The van der Waals surface area contributed by atoms with Crippen LogP contribution in [0.4, 0.5) is 0 Å². The zero-order valence-corrected chi connectivity index (χ0v) is 18.2. The summed E-state index contributed by atoms with van der Waals surface area (Å²) in [6.07, 6.45) is 1.84. The van der Waals surface area contributed by atoms with Gasteiger partial charge in [0.1, 0.15) is 11.5 Å². The van der Waals surface area contributed by atoms with Crippen molar-refractivity contribution in [2.75, 3.05) is 13.2 Å². The van der Waals surface area contributed by atoms with Gasteiger partial charge in [0.2, 0.25) is 0 Å². The van der Waals surface area contributed by atoms with E-state index in [9.17, 15) is 0 Å². The lowest BCUT2D eigenvalue weighted by Gasteiger charge is -2.04. The quantitative estimate of drug-likeness (QED) is 0.421. The number of rotatable bonds is 4. The van der Waals surface area contributed by atoms with Gasteiger partial charge in [0, 0.05) is 24.0 Å². The number of hydrogen-bond acceptors (Lipinski definition) is 6. The number of benzene rings is 3. The van der Waals surface area contributed by atoms with Crippen LogP contribution in [0, 0.1) is 0 Å². The third kappa shape index (κ3) is 3.07. The summed E-state index contributed by atoms with van der Waals surface area (Å²) in [5.41, 5.74) is 6.02. The normalized spacial score (nSPS) is 13.9. The summed E-state index contributed by atoms with van der Waals surface area (Å²) in [5.74, 6) is 4.39. The molecule has 8 heteroatoms. The number of hydrogen-bond donors (Lipinski definition) is 2. The lowest BCUT2D eigenvalue weighted by atomic mass is 10.1. The van der Waals surface area contributed by atoms with Crippen molar-refractivity contribution in [1.29, 1.82) is 0 Å². The van der Waals surface area contributed by atoms with Crippen molar-refractivity contribution in [2.45, 2.75) is 12.8 Å². The number of ether oxygens (including phenoxy) is 2. The van der Waals surface area contributed by atoms with Gasteiger partial charge in [-0.3, -0.25) is 10.2 Å². The van der Waals surface area contributed by atoms with E-state index in [4.69, 9.17) is 19.4 Å². The number of aromatic amines is 2. The van der Waals surface area contributed by atoms with E-state index in [1.165, 1.54) is 11.1 Å². The number of nitrogens with zero attached hydrogens (tertiary/aromatic N) is 4. The van der Waals surface area contributed by atoms with Crippen LogP contribution in [0.3, 0.4) is 0 Å². The SMILES string of the molecule is c1cc(-c2n[nH]c(-c3cccc4c3OCC4)n2)cc(-c2n[nH]c(-c3cccc4c3OCC4)n2)c1. The standard InChI is InChI=1S/C26H20N6O2/c1-6-17(23-27-25(31-29-23)19-8-2-4-15-10-12-33-21(15)19)14-18(7-1)24-28-26(32-30-24)20-9-3-5-16-11-13-34-22(16)20/h1-9,14H,10-13H2,(H,27,29,31)(H,28,30,32). The smallest absolute Gasteiger partial charge is 0.181 e. The van der Waals surface area contributed by atoms with Crippen molar-refractivity contribution in [2.24, 2.45) is 0 Å². The van der Waals surface area contributed by atoms with E-state index in [1.807, 2.05) is 48.5 Å². The van der Waals surface area contributed by atoms with Crippen LogP contribution in [-0.4, -0.2) is 43.6 Å². The second kappa shape index (κ2) is 7.55. The summed E-state index contributed by atoms with van der Waals surface area (Å²) in [4.78, 5) is 9.49. The summed E-state index contributed by atoms with van der Waals surface area (Å²) in [5, 5.41) is 15.0. The van der Waals surface area contributed by atoms with Gasteiger partial charge in [-0.2, -0.15) is 10.2 Å². The summed E-state index contributed by atoms with van der Waals surface area (Å²) < 4.78 is 11.7. The second-order valence-corrected chi connectivity index (χ2v) is 8.38. The molecule has 0 amide bonds. The minimum Gasteiger partial charge on any atom is -0.492 e. The molecule has 2 N–H and O–H groups in total. The molecule has 2 aliphatic heterocycles. The average Bonchev–Trinajstić information content (AvgIpc) is 3.69. The van der Waals surface area contributed by atoms with Gasteiger partial charge < -0.3 is 9.47 Å². The molecular formula is C26H20N6O2. The molecule has 0 spiro atoms. The Morgan fingerprint density at radius 3 is 1.65 bits per heavy atom. The topological polar surface area (TPSA) is 102 Å². The Labute approximate surface area is 195 Å². The Balaban J connectivity index is 1.21. The third-order valence-electron chi connectivity index (χ3n) is 6.29. The maximum absolute atomic E-state index is 5.83. The first kappa shape index (κ1) is 19.0. The van der Waals surface area contributed by atoms with Gasteiger partial charge in [0.05, 0.1) is 24.3 Å². The summed E-state index contributed by atoms with van der Waals surface area (Å²) in [6.45, 7) is 1.40. The Hall–Kier alpha value is -4.46. The molecule has 0 saturated carbocycles. The first-order valence-electron chi connectivity index (χ1n) is 11.3. The molecular weight excluding hydrogens is 428 g/mol. The molecule has 3 aromatic carbocycles. The average molecular weight is 448 g/mol. The Morgan fingerprint density at radius 2 is 1.12 bits per heavy atom. The first-order chi connectivity index (χ1) is 16.8. The van der Waals surface area contributed by atoms with Gasteiger partial charge in [-0.05, 0) is 29.3 Å². The molecule has 0 saturated heterocycles. The predicted octanol–water partition coefficient (Wildman–Crippen LogP) is 4.46. The van der Waals surface area contributed by atoms with Gasteiger partial charge in [-0.1, -0.05) is 42.5 Å². The highest BCUT2D eigenvalue weighted by atomic mass is 16.5. The molecule has 2 aliphatic rings. The van der Waals surface area contributed by atoms with Gasteiger partial charge in [-0.25, -0.2) is 9.97 Å². The molecule has 5 aromatic rings. The second-order valence-electron chi connectivity index (χ2n) is 8.38. The molecule has 166 valence electrons. The number of aromatic nitrogens is 6. The summed E-state index contributed by atoms with van der Waals surface area (Å²) >= 11 is 0. The maximum atomic E-state index is 5.83.